The van der Waals surface area contributed by atoms with Crippen molar-refractivity contribution in [3.8, 4) is 0 Å². The molecule has 2 aromatic heterocycles. The quantitative estimate of drug-likeness (QED) is 0.704. The minimum absolute atomic E-state index is 0.744. The van der Waals surface area contributed by atoms with Crippen molar-refractivity contribution in [2.75, 3.05) is 6.54 Å². The number of rotatable bonds is 6. The van der Waals surface area contributed by atoms with Crippen LogP contribution in [0.1, 0.15) is 30.4 Å². The molecular weight excluding hydrogens is 262 g/mol. The maximum Gasteiger partial charge on any atom is 0.133 e. The van der Waals surface area contributed by atoms with Gasteiger partial charge in [0.1, 0.15) is 11.5 Å². The zero-order valence-electron chi connectivity index (χ0n) is 12.6. The number of benzene rings is 1. The maximum absolute atomic E-state index is 5.13. The maximum atomic E-state index is 5.13. The van der Waals surface area contributed by atoms with E-state index >= 15 is 0 Å². The smallest absolute Gasteiger partial charge is 0.133 e. The number of nitrogens with one attached hydrogen (secondary N) is 1. The number of nitrogens with zero attached hydrogens (tertiary/aromatic N) is 2. The van der Waals surface area contributed by atoms with Crippen molar-refractivity contribution in [3.63, 3.8) is 0 Å². The Morgan fingerprint density at radius 3 is 2.90 bits per heavy atom. The predicted molar refractivity (Wildman–Crippen MR) is 84.3 cm³/mol. The first-order chi connectivity index (χ1) is 10.3. The van der Waals surface area contributed by atoms with Crippen LogP contribution >= 0.6 is 0 Å². The zero-order valence-corrected chi connectivity index (χ0v) is 12.6. The summed E-state index contributed by atoms with van der Waals surface area (Å²) in [4.78, 5) is 0. The van der Waals surface area contributed by atoms with E-state index in [9.17, 15) is 0 Å². The van der Waals surface area contributed by atoms with Crippen molar-refractivity contribution in [2.45, 2.75) is 33.4 Å². The highest BCUT2D eigenvalue weighted by atomic mass is 16.5. The van der Waals surface area contributed by atoms with E-state index in [2.05, 4.69) is 52.4 Å². The van der Waals surface area contributed by atoms with Gasteiger partial charge in [-0.2, -0.15) is 0 Å². The summed E-state index contributed by atoms with van der Waals surface area (Å²) in [5, 5.41) is 8.76. The Morgan fingerprint density at radius 2 is 2.14 bits per heavy atom. The van der Waals surface area contributed by atoms with Crippen molar-refractivity contribution >= 4 is 10.9 Å². The molecule has 0 amide bonds. The second kappa shape index (κ2) is 6.14. The molecule has 4 heteroatoms. The third-order valence-electron chi connectivity index (χ3n) is 3.60. The van der Waals surface area contributed by atoms with Gasteiger partial charge in [-0.25, -0.2) is 0 Å². The van der Waals surface area contributed by atoms with Gasteiger partial charge in [0.25, 0.3) is 0 Å². The van der Waals surface area contributed by atoms with Crippen LogP contribution in [-0.2, 0) is 13.1 Å². The fourth-order valence-corrected chi connectivity index (χ4v) is 2.57. The largest absolute Gasteiger partial charge is 0.361 e. The fourth-order valence-electron chi connectivity index (χ4n) is 2.57. The van der Waals surface area contributed by atoms with Gasteiger partial charge in [0.2, 0.25) is 0 Å². The van der Waals surface area contributed by atoms with Crippen LogP contribution in [0.25, 0.3) is 10.9 Å². The summed E-state index contributed by atoms with van der Waals surface area (Å²) >= 11 is 0. The Hall–Kier alpha value is -2.07. The lowest BCUT2D eigenvalue weighted by atomic mass is 10.1. The lowest BCUT2D eigenvalue weighted by molar-refractivity contribution is 0.389. The van der Waals surface area contributed by atoms with E-state index in [-0.39, 0.29) is 0 Å². The van der Waals surface area contributed by atoms with Gasteiger partial charge in [0, 0.05) is 24.3 Å². The second-order valence-electron chi connectivity index (χ2n) is 5.44. The van der Waals surface area contributed by atoms with Crippen LogP contribution in [0, 0.1) is 6.92 Å². The Morgan fingerprint density at radius 1 is 1.24 bits per heavy atom. The molecule has 0 spiro atoms. The normalized spacial score (nSPS) is 11.3. The molecule has 0 aliphatic rings. The molecule has 0 radical (unpaired) electrons. The van der Waals surface area contributed by atoms with E-state index in [4.69, 9.17) is 4.52 Å². The summed E-state index contributed by atoms with van der Waals surface area (Å²) in [6.07, 6.45) is 3.27. The standard InChI is InChI=1S/C17H21N3O/c1-3-7-18-11-14-4-5-17-15(10-14)6-8-20(17)12-16-9-13(2)21-19-16/h4-6,8-10,18H,3,7,11-12H2,1-2H3. The average Bonchev–Trinajstić information content (AvgIpc) is 3.06. The lowest BCUT2D eigenvalue weighted by Gasteiger charge is -2.05. The van der Waals surface area contributed by atoms with E-state index in [0.717, 1.165) is 37.5 Å². The molecular formula is C17H21N3O. The summed E-state index contributed by atoms with van der Waals surface area (Å²) in [6.45, 7) is 6.83. The first kappa shape index (κ1) is 13.9. The van der Waals surface area contributed by atoms with Crippen molar-refractivity contribution in [1.29, 1.82) is 0 Å². The Bertz CT molecular complexity index is 727. The molecule has 0 unspecified atom stereocenters. The Kier molecular flexibility index (Phi) is 4.06. The fraction of sp³-hybridized carbons (Fsp3) is 0.353. The molecule has 1 N–H and O–H groups in total. The molecule has 0 fully saturated rings. The highest BCUT2D eigenvalue weighted by Crippen LogP contribution is 2.19. The molecule has 4 nitrogen and oxygen atoms in total. The summed E-state index contributed by atoms with van der Waals surface area (Å²) in [5.74, 6) is 0.853. The molecule has 0 saturated heterocycles. The van der Waals surface area contributed by atoms with Crippen LogP contribution in [0.3, 0.4) is 0 Å². The van der Waals surface area contributed by atoms with Crippen LogP contribution in [0.2, 0.25) is 0 Å². The van der Waals surface area contributed by atoms with Crippen LogP contribution < -0.4 is 5.32 Å². The highest BCUT2D eigenvalue weighted by Gasteiger charge is 2.06. The average molecular weight is 283 g/mol. The third-order valence-corrected chi connectivity index (χ3v) is 3.60. The van der Waals surface area contributed by atoms with E-state index < -0.39 is 0 Å². The first-order valence-electron chi connectivity index (χ1n) is 7.47. The number of fused-ring (bicyclic) bond motifs is 1. The molecule has 1 aromatic carbocycles. The monoisotopic (exact) mass is 283 g/mol. The van der Waals surface area contributed by atoms with Gasteiger partial charge in [0.15, 0.2) is 0 Å². The topological polar surface area (TPSA) is 43.0 Å². The van der Waals surface area contributed by atoms with Crippen molar-refractivity contribution in [3.05, 3.63) is 53.5 Å². The molecule has 0 atom stereocenters. The van der Waals surface area contributed by atoms with Gasteiger partial charge in [-0.15, -0.1) is 0 Å². The Labute approximate surface area is 124 Å². The van der Waals surface area contributed by atoms with E-state index in [1.165, 1.54) is 16.5 Å². The van der Waals surface area contributed by atoms with Gasteiger partial charge in [0.05, 0.1) is 6.54 Å². The summed E-state index contributed by atoms with van der Waals surface area (Å²) in [6, 6.07) is 10.8. The zero-order chi connectivity index (χ0) is 14.7. The van der Waals surface area contributed by atoms with Crippen molar-refractivity contribution < 1.29 is 4.52 Å². The van der Waals surface area contributed by atoms with Crippen molar-refractivity contribution in [2.24, 2.45) is 0 Å². The molecule has 3 aromatic rings. The lowest BCUT2D eigenvalue weighted by Crippen LogP contribution is -2.13. The van der Waals surface area contributed by atoms with E-state index in [0.29, 0.717) is 0 Å². The minimum Gasteiger partial charge on any atom is -0.361 e. The van der Waals surface area contributed by atoms with Gasteiger partial charge < -0.3 is 14.4 Å². The van der Waals surface area contributed by atoms with Crippen molar-refractivity contribution in [1.82, 2.24) is 15.0 Å². The van der Waals surface area contributed by atoms with Crippen LogP contribution in [0.5, 0.6) is 0 Å². The predicted octanol–water partition coefficient (Wildman–Crippen LogP) is 3.49. The first-order valence-corrected chi connectivity index (χ1v) is 7.47. The van der Waals surface area contributed by atoms with Gasteiger partial charge in [-0.05, 0) is 49.0 Å². The van der Waals surface area contributed by atoms with Gasteiger partial charge in [-0.1, -0.05) is 18.1 Å². The SMILES string of the molecule is CCCNCc1ccc2c(ccn2Cc2cc(C)on2)c1. The molecule has 2 heterocycles. The van der Waals surface area contributed by atoms with Crippen LogP contribution in [0.4, 0.5) is 0 Å². The molecule has 110 valence electrons. The molecule has 0 bridgehead atoms. The highest BCUT2D eigenvalue weighted by molar-refractivity contribution is 5.81. The molecule has 3 rings (SSSR count). The number of hydrogen-bond acceptors (Lipinski definition) is 3. The van der Waals surface area contributed by atoms with Gasteiger partial charge in [-0.3, -0.25) is 0 Å². The molecule has 0 saturated carbocycles. The summed E-state index contributed by atoms with van der Waals surface area (Å²) in [7, 11) is 0. The van der Waals surface area contributed by atoms with Crippen LogP contribution in [-0.4, -0.2) is 16.3 Å². The third kappa shape index (κ3) is 3.16. The van der Waals surface area contributed by atoms with Gasteiger partial charge >= 0.3 is 0 Å². The van der Waals surface area contributed by atoms with E-state index in [1.807, 2.05) is 13.0 Å². The Balaban J connectivity index is 1.79. The number of aryl methyl sites for hydroxylation is 1. The second-order valence-corrected chi connectivity index (χ2v) is 5.44. The molecule has 0 aliphatic heterocycles. The minimum atomic E-state index is 0.744. The van der Waals surface area contributed by atoms with Crippen LogP contribution in [0.15, 0.2) is 41.1 Å². The molecule has 0 aliphatic carbocycles. The summed E-state index contributed by atoms with van der Waals surface area (Å²) < 4.78 is 7.33. The number of hydrogen-bond donors (Lipinski definition) is 1. The molecule has 21 heavy (non-hydrogen) atoms. The number of aromatic nitrogens is 2. The summed E-state index contributed by atoms with van der Waals surface area (Å²) in [5.41, 5.74) is 3.51. The van der Waals surface area contributed by atoms with E-state index in [1.54, 1.807) is 0 Å².